The van der Waals surface area contributed by atoms with Gasteiger partial charge in [-0.3, -0.25) is 9.79 Å². The molecular formula is C18H31IN4O. The standard InChI is InChI=1S/C18H30N4O.HI/c1-6-13(3)17(23)22-16-10-8-9-15(11-16)12-20-18(19-5)21-14(4)7-2;/h8-11,13-14H,6-7,12H2,1-5H3,(H,22,23)(H2,19,20,21);1H. The summed E-state index contributed by atoms with van der Waals surface area (Å²) < 4.78 is 0. The van der Waals surface area contributed by atoms with Crippen molar-refractivity contribution >= 4 is 41.5 Å². The van der Waals surface area contributed by atoms with Crippen LogP contribution >= 0.6 is 24.0 Å². The first kappa shape index (κ1) is 22.7. The van der Waals surface area contributed by atoms with Crippen LogP contribution < -0.4 is 16.0 Å². The fourth-order valence-corrected chi connectivity index (χ4v) is 1.93. The first-order chi connectivity index (χ1) is 11.0. The first-order valence-electron chi connectivity index (χ1n) is 8.37. The Morgan fingerprint density at radius 3 is 2.50 bits per heavy atom. The first-order valence-corrected chi connectivity index (χ1v) is 8.37. The molecule has 0 aliphatic carbocycles. The van der Waals surface area contributed by atoms with Crippen molar-refractivity contribution in [2.24, 2.45) is 10.9 Å². The van der Waals surface area contributed by atoms with Crippen LogP contribution in [0.1, 0.15) is 46.1 Å². The summed E-state index contributed by atoms with van der Waals surface area (Å²) in [6.45, 7) is 8.86. The molecule has 6 heteroatoms. The van der Waals surface area contributed by atoms with Crippen molar-refractivity contribution in [3.8, 4) is 0 Å². The fourth-order valence-electron chi connectivity index (χ4n) is 1.93. The third kappa shape index (κ3) is 7.99. The summed E-state index contributed by atoms with van der Waals surface area (Å²) in [4.78, 5) is 16.2. The smallest absolute Gasteiger partial charge is 0.227 e. The molecule has 0 aliphatic heterocycles. The monoisotopic (exact) mass is 446 g/mol. The number of amides is 1. The molecule has 1 aromatic rings. The molecule has 2 atom stereocenters. The summed E-state index contributed by atoms with van der Waals surface area (Å²) in [6, 6.07) is 8.26. The van der Waals surface area contributed by atoms with E-state index >= 15 is 0 Å². The summed E-state index contributed by atoms with van der Waals surface area (Å²) >= 11 is 0. The molecule has 0 saturated heterocycles. The van der Waals surface area contributed by atoms with Gasteiger partial charge < -0.3 is 16.0 Å². The lowest BCUT2D eigenvalue weighted by Gasteiger charge is -2.17. The Morgan fingerprint density at radius 2 is 1.92 bits per heavy atom. The van der Waals surface area contributed by atoms with Gasteiger partial charge in [0.25, 0.3) is 0 Å². The Morgan fingerprint density at radius 1 is 1.21 bits per heavy atom. The van der Waals surface area contributed by atoms with Crippen LogP contribution in [0, 0.1) is 5.92 Å². The zero-order chi connectivity index (χ0) is 17.2. The second kappa shape index (κ2) is 12.1. The molecule has 0 aliphatic rings. The number of carbonyl (C=O) groups is 1. The predicted octanol–water partition coefficient (Wildman–Crippen LogP) is 3.75. The van der Waals surface area contributed by atoms with Crippen molar-refractivity contribution in [3.63, 3.8) is 0 Å². The van der Waals surface area contributed by atoms with Crippen LogP contribution in [0.15, 0.2) is 29.3 Å². The van der Waals surface area contributed by atoms with E-state index in [2.05, 4.69) is 34.8 Å². The Kier molecular flexibility index (Phi) is 11.4. The van der Waals surface area contributed by atoms with Gasteiger partial charge in [0.2, 0.25) is 5.91 Å². The summed E-state index contributed by atoms with van der Waals surface area (Å²) in [6.07, 6.45) is 1.88. The molecule has 1 amide bonds. The van der Waals surface area contributed by atoms with Gasteiger partial charge in [0.05, 0.1) is 0 Å². The number of hydrogen-bond acceptors (Lipinski definition) is 2. The molecule has 0 fully saturated rings. The molecule has 5 nitrogen and oxygen atoms in total. The van der Waals surface area contributed by atoms with E-state index in [-0.39, 0.29) is 35.8 Å². The van der Waals surface area contributed by atoms with Gasteiger partial charge in [0.15, 0.2) is 5.96 Å². The molecule has 0 radical (unpaired) electrons. The zero-order valence-corrected chi connectivity index (χ0v) is 17.7. The quantitative estimate of drug-likeness (QED) is 0.340. The average molecular weight is 446 g/mol. The fraction of sp³-hybridized carbons (Fsp3) is 0.556. The van der Waals surface area contributed by atoms with E-state index < -0.39 is 0 Å². The molecular weight excluding hydrogens is 415 g/mol. The molecule has 136 valence electrons. The van der Waals surface area contributed by atoms with Crippen molar-refractivity contribution in [2.75, 3.05) is 12.4 Å². The van der Waals surface area contributed by atoms with Gasteiger partial charge >= 0.3 is 0 Å². The van der Waals surface area contributed by atoms with E-state index in [1.807, 2.05) is 38.1 Å². The van der Waals surface area contributed by atoms with E-state index in [0.717, 1.165) is 30.1 Å². The van der Waals surface area contributed by atoms with Crippen molar-refractivity contribution < 1.29 is 4.79 Å². The van der Waals surface area contributed by atoms with Crippen LogP contribution in [-0.4, -0.2) is 25.0 Å². The van der Waals surface area contributed by atoms with Crippen LogP contribution in [0.5, 0.6) is 0 Å². The minimum absolute atomic E-state index is 0. The number of hydrogen-bond donors (Lipinski definition) is 3. The molecule has 0 spiro atoms. The predicted molar refractivity (Wildman–Crippen MR) is 113 cm³/mol. The Bertz CT molecular complexity index is 534. The third-order valence-electron chi connectivity index (χ3n) is 3.93. The molecule has 0 bridgehead atoms. The summed E-state index contributed by atoms with van der Waals surface area (Å²) in [5.41, 5.74) is 1.93. The number of rotatable bonds is 7. The maximum atomic E-state index is 12.0. The summed E-state index contributed by atoms with van der Waals surface area (Å²) in [5.74, 6) is 0.871. The molecule has 24 heavy (non-hydrogen) atoms. The lowest BCUT2D eigenvalue weighted by Crippen LogP contribution is -2.41. The normalized spacial score (nSPS) is 13.5. The van der Waals surface area contributed by atoms with Crippen LogP contribution in [0.25, 0.3) is 0 Å². The molecule has 0 heterocycles. The maximum absolute atomic E-state index is 12.0. The number of carbonyl (C=O) groups excluding carboxylic acids is 1. The minimum Gasteiger partial charge on any atom is -0.354 e. The number of guanidine groups is 1. The average Bonchev–Trinajstić information content (AvgIpc) is 2.57. The Balaban J connectivity index is 0.00000529. The lowest BCUT2D eigenvalue weighted by molar-refractivity contribution is -0.119. The summed E-state index contributed by atoms with van der Waals surface area (Å²) in [5, 5.41) is 9.58. The van der Waals surface area contributed by atoms with Crippen LogP contribution in [0.2, 0.25) is 0 Å². The van der Waals surface area contributed by atoms with E-state index in [9.17, 15) is 4.79 Å². The van der Waals surface area contributed by atoms with Crippen molar-refractivity contribution in [1.82, 2.24) is 10.6 Å². The van der Waals surface area contributed by atoms with E-state index in [1.54, 1.807) is 7.05 Å². The largest absolute Gasteiger partial charge is 0.354 e. The highest BCUT2D eigenvalue weighted by molar-refractivity contribution is 14.0. The van der Waals surface area contributed by atoms with Crippen molar-refractivity contribution in [1.29, 1.82) is 0 Å². The second-order valence-electron chi connectivity index (χ2n) is 5.88. The maximum Gasteiger partial charge on any atom is 0.227 e. The minimum atomic E-state index is 0. The molecule has 0 aromatic heterocycles. The van der Waals surface area contributed by atoms with Gasteiger partial charge in [-0.15, -0.1) is 24.0 Å². The molecule has 2 unspecified atom stereocenters. The molecule has 1 rings (SSSR count). The second-order valence-corrected chi connectivity index (χ2v) is 5.88. The topological polar surface area (TPSA) is 65.5 Å². The van der Waals surface area contributed by atoms with E-state index in [4.69, 9.17) is 0 Å². The van der Waals surface area contributed by atoms with Crippen LogP contribution in [-0.2, 0) is 11.3 Å². The number of anilines is 1. The lowest BCUT2D eigenvalue weighted by atomic mass is 10.1. The highest BCUT2D eigenvalue weighted by Gasteiger charge is 2.10. The van der Waals surface area contributed by atoms with Gasteiger partial charge in [-0.1, -0.05) is 32.9 Å². The zero-order valence-electron chi connectivity index (χ0n) is 15.3. The van der Waals surface area contributed by atoms with Crippen LogP contribution in [0.3, 0.4) is 0 Å². The van der Waals surface area contributed by atoms with Gasteiger partial charge in [-0.2, -0.15) is 0 Å². The number of halogens is 1. The van der Waals surface area contributed by atoms with Crippen molar-refractivity contribution in [2.45, 2.75) is 53.1 Å². The van der Waals surface area contributed by atoms with Gasteiger partial charge in [0.1, 0.15) is 0 Å². The molecule has 1 aromatic carbocycles. The highest BCUT2D eigenvalue weighted by atomic mass is 127. The van der Waals surface area contributed by atoms with Crippen molar-refractivity contribution in [3.05, 3.63) is 29.8 Å². The molecule has 0 saturated carbocycles. The molecule has 3 N–H and O–H groups in total. The number of benzene rings is 1. The third-order valence-corrected chi connectivity index (χ3v) is 3.93. The van der Waals surface area contributed by atoms with Gasteiger partial charge in [-0.25, -0.2) is 0 Å². The van der Waals surface area contributed by atoms with Gasteiger partial charge in [0, 0.05) is 31.2 Å². The Hall–Kier alpha value is -1.31. The van der Waals surface area contributed by atoms with Gasteiger partial charge in [-0.05, 0) is 37.5 Å². The van der Waals surface area contributed by atoms with E-state index in [1.165, 1.54) is 0 Å². The van der Waals surface area contributed by atoms with Crippen LogP contribution in [0.4, 0.5) is 5.69 Å². The number of aliphatic imine (C=N–C) groups is 1. The summed E-state index contributed by atoms with van der Waals surface area (Å²) in [7, 11) is 1.76. The van der Waals surface area contributed by atoms with E-state index in [0.29, 0.717) is 12.6 Å². The highest BCUT2D eigenvalue weighted by Crippen LogP contribution is 2.13. The number of nitrogens with zero attached hydrogens (tertiary/aromatic N) is 1. The Labute approximate surface area is 163 Å². The number of nitrogens with one attached hydrogen (secondary N) is 3. The SMILES string of the molecule is CCC(C)NC(=NC)NCc1cccc(NC(=O)C(C)CC)c1.I.